The minimum absolute atomic E-state index is 0.422. The van der Waals surface area contributed by atoms with Crippen molar-refractivity contribution in [2.24, 2.45) is 5.73 Å². The molecule has 0 radical (unpaired) electrons. The molecule has 3 nitrogen and oxygen atoms in total. The summed E-state index contributed by atoms with van der Waals surface area (Å²) < 4.78 is 0.946. The van der Waals surface area contributed by atoms with Crippen LogP contribution >= 0.6 is 28.1 Å². The molecule has 1 saturated heterocycles. The van der Waals surface area contributed by atoms with Crippen molar-refractivity contribution in [3.63, 3.8) is 0 Å². The van der Waals surface area contributed by atoms with E-state index in [1.807, 2.05) is 18.2 Å². The molecule has 0 spiro atoms. The van der Waals surface area contributed by atoms with Gasteiger partial charge in [-0.3, -0.25) is 0 Å². The summed E-state index contributed by atoms with van der Waals surface area (Å²) in [4.78, 5) is 2.90. The lowest BCUT2D eigenvalue weighted by Crippen LogP contribution is -2.26. The summed E-state index contributed by atoms with van der Waals surface area (Å²) >= 11 is 8.58. The van der Waals surface area contributed by atoms with Gasteiger partial charge in [0.15, 0.2) is 0 Å². The first kappa shape index (κ1) is 13.8. The lowest BCUT2D eigenvalue weighted by molar-refractivity contribution is 0.352. The fourth-order valence-corrected chi connectivity index (χ4v) is 3.21. The zero-order chi connectivity index (χ0) is 13.0. The predicted molar refractivity (Wildman–Crippen MR) is 84.2 cm³/mol. The van der Waals surface area contributed by atoms with E-state index in [1.165, 1.54) is 25.9 Å². The van der Waals surface area contributed by atoms with Crippen molar-refractivity contribution in [2.75, 3.05) is 31.5 Å². The van der Waals surface area contributed by atoms with E-state index >= 15 is 0 Å². The van der Waals surface area contributed by atoms with E-state index in [4.69, 9.17) is 18.0 Å². The molecule has 0 unspecified atom stereocenters. The fourth-order valence-electron chi connectivity index (χ4n) is 2.28. The second-order valence-electron chi connectivity index (χ2n) is 4.50. The first-order chi connectivity index (χ1) is 8.68. The fraction of sp³-hybridized carbons (Fsp3) is 0.462. The summed E-state index contributed by atoms with van der Waals surface area (Å²) in [6.45, 7) is 4.44. The Kier molecular flexibility index (Phi) is 4.97. The first-order valence-electron chi connectivity index (χ1n) is 6.23. The topological polar surface area (TPSA) is 41.3 Å². The summed E-state index contributed by atoms with van der Waals surface area (Å²) in [5.74, 6) is 0. The van der Waals surface area contributed by atoms with Crippen molar-refractivity contribution in [1.82, 2.24) is 4.90 Å². The van der Waals surface area contributed by atoms with Gasteiger partial charge in [0.05, 0.1) is 0 Å². The van der Waals surface area contributed by atoms with Crippen molar-refractivity contribution < 1.29 is 0 Å². The predicted octanol–water partition coefficient (Wildman–Crippen LogP) is 2.59. The van der Waals surface area contributed by atoms with Gasteiger partial charge in [-0.1, -0.05) is 18.3 Å². The van der Waals surface area contributed by atoms with Gasteiger partial charge in [0.2, 0.25) is 0 Å². The Morgan fingerprint density at radius 2 is 2.11 bits per heavy atom. The number of anilines is 1. The summed E-state index contributed by atoms with van der Waals surface area (Å²) in [5.41, 5.74) is 7.67. The third-order valence-corrected chi connectivity index (χ3v) is 4.07. The maximum atomic E-state index is 5.76. The van der Waals surface area contributed by atoms with Crippen LogP contribution in [0.25, 0.3) is 0 Å². The number of thiocarbonyl (C=S) groups is 1. The minimum atomic E-state index is 0.422. The van der Waals surface area contributed by atoms with Gasteiger partial charge < -0.3 is 16.0 Å². The largest absolute Gasteiger partial charge is 0.389 e. The van der Waals surface area contributed by atoms with E-state index in [-0.39, 0.29) is 0 Å². The molecule has 0 saturated carbocycles. The van der Waals surface area contributed by atoms with Gasteiger partial charge in [-0.25, -0.2) is 0 Å². The van der Waals surface area contributed by atoms with Crippen LogP contribution in [-0.2, 0) is 0 Å². The molecule has 0 aromatic heterocycles. The average Bonchev–Trinajstić information content (AvgIpc) is 2.81. The Morgan fingerprint density at radius 1 is 1.39 bits per heavy atom. The second kappa shape index (κ2) is 6.50. The van der Waals surface area contributed by atoms with E-state index in [2.05, 4.69) is 26.1 Å². The first-order valence-corrected chi connectivity index (χ1v) is 7.43. The molecule has 1 heterocycles. The molecule has 3 N–H and O–H groups in total. The van der Waals surface area contributed by atoms with Crippen LogP contribution in [0, 0.1) is 0 Å². The molecular formula is C13H18BrN3S. The Balaban J connectivity index is 1.96. The highest BCUT2D eigenvalue weighted by molar-refractivity contribution is 9.10. The highest BCUT2D eigenvalue weighted by atomic mass is 79.9. The maximum Gasteiger partial charge on any atom is 0.107 e. The highest BCUT2D eigenvalue weighted by Crippen LogP contribution is 2.24. The number of benzene rings is 1. The van der Waals surface area contributed by atoms with Gasteiger partial charge in [0.1, 0.15) is 4.99 Å². The monoisotopic (exact) mass is 327 g/mol. The molecule has 18 heavy (non-hydrogen) atoms. The van der Waals surface area contributed by atoms with Crippen molar-refractivity contribution in [1.29, 1.82) is 0 Å². The second-order valence-corrected chi connectivity index (χ2v) is 5.80. The molecule has 2 rings (SSSR count). The zero-order valence-electron chi connectivity index (χ0n) is 10.3. The molecule has 5 heteroatoms. The van der Waals surface area contributed by atoms with Gasteiger partial charge in [-0.15, -0.1) is 0 Å². The molecule has 1 aromatic rings. The molecular weight excluding hydrogens is 310 g/mol. The molecule has 1 aliphatic rings. The number of likely N-dealkylation sites (tertiary alicyclic amines) is 1. The number of nitrogens with two attached hydrogens (primary N) is 1. The van der Waals surface area contributed by atoms with Crippen molar-refractivity contribution in [3.05, 3.63) is 28.2 Å². The summed E-state index contributed by atoms with van der Waals surface area (Å²) in [5, 5.41) is 3.42. The molecule has 98 valence electrons. The summed E-state index contributed by atoms with van der Waals surface area (Å²) in [7, 11) is 0. The molecule has 0 amide bonds. The Labute approximate surface area is 122 Å². The van der Waals surface area contributed by atoms with Crippen LogP contribution in [-0.4, -0.2) is 36.1 Å². The van der Waals surface area contributed by atoms with Gasteiger partial charge in [0.25, 0.3) is 0 Å². The molecule has 1 aromatic carbocycles. The average molecular weight is 328 g/mol. The number of halogens is 1. The third-order valence-electron chi connectivity index (χ3n) is 3.20. The SMILES string of the molecule is NC(=S)c1c(Br)cccc1NCCN1CCCC1. The smallest absolute Gasteiger partial charge is 0.107 e. The number of nitrogens with one attached hydrogen (secondary N) is 1. The van der Waals surface area contributed by atoms with Crippen LogP contribution in [0.5, 0.6) is 0 Å². The van der Waals surface area contributed by atoms with Crippen LogP contribution in [0.2, 0.25) is 0 Å². The number of hydrogen-bond donors (Lipinski definition) is 2. The number of nitrogens with zero attached hydrogens (tertiary/aromatic N) is 1. The Hall–Kier alpha value is -0.650. The normalized spacial score (nSPS) is 15.8. The van der Waals surface area contributed by atoms with Crippen LogP contribution in [0.15, 0.2) is 22.7 Å². The van der Waals surface area contributed by atoms with Gasteiger partial charge in [-0.05, 0) is 54.0 Å². The van der Waals surface area contributed by atoms with E-state index in [0.29, 0.717) is 4.99 Å². The van der Waals surface area contributed by atoms with Crippen LogP contribution in [0.1, 0.15) is 18.4 Å². The minimum Gasteiger partial charge on any atom is -0.389 e. The van der Waals surface area contributed by atoms with E-state index in [0.717, 1.165) is 28.8 Å². The zero-order valence-corrected chi connectivity index (χ0v) is 12.7. The summed E-state index contributed by atoms with van der Waals surface area (Å²) in [6.07, 6.45) is 2.66. The number of hydrogen-bond acceptors (Lipinski definition) is 3. The summed E-state index contributed by atoms with van der Waals surface area (Å²) in [6, 6.07) is 5.97. The maximum absolute atomic E-state index is 5.76. The van der Waals surface area contributed by atoms with Crippen molar-refractivity contribution in [2.45, 2.75) is 12.8 Å². The van der Waals surface area contributed by atoms with Crippen LogP contribution in [0.3, 0.4) is 0 Å². The van der Waals surface area contributed by atoms with E-state index in [1.54, 1.807) is 0 Å². The Bertz CT molecular complexity index is 430. The quantitative estimate of drug-likeness (QED) is 0.816. The van der Waals surface area contributed by atoms with Gasteiger partial charge >= 0.3 is 0 Å². The molecule has 0 bridgehead atoms. The van der Waals surface area contributed by atoms with Gasteiger partial charge in [-0.2, -0.15) is 0 Å². The Morgan fingerprint density at radius 3 is 2.78 bits per heavy atom. The van der Waals surface area contributed by atoms with Crippen LogP contribution < -0.4 is 11.1 Å². The third kappa shape index (κ3) is 3.43. The standard InChI is InChI=1S/C13H18BrN3S/c14-10-4-3-5-11(12(10)13(15)18)16-6-9-17-7-1-2-8-17/h3-5,16H,1-2,6-9H2,(H2,15,18). The lowest BCUT2D eigenvalue weighted by atomic mass is 10.2. The molecule has 0 aliphatic carbocycles. The highest BCUT2D eigenvalue weighted by Gasteiger charge is 2.12. The van der Waals surface area contributed by atoms with E-state index in [9.17, 15) is 0 Å². The lowest BCUT2D eigenvalue weighted by Gasteiger charge is -2.17. The van der Waals surface area contributed by atoms with Crippen LogP contribution in [0.4, 0.5) is 5.69 Å². The van der Waals surface area contributed by atoms with Crippen molar-refractivity contribution in [3.8, 4) is 0 Å². The molecule has 1 aliphatic heterocycles. The number of rotatable bonds is 5. The van der Waals surface area contributed by atoms with E-state index < -0.39 is 0 Å². The van der Waals surface area contributed by atoms with Gasteiger partial charge in [0, 0.05) is 28.8 Å². The molecule has 1 fully saturated rings. The van der Waals surface area contributed by atoms with Crippen molar-refractivity contribution >= 4 is 38.8 Å². The molecule has 0 atom stereocenters.